The Hall–Kier alpha value is -3.68. The monoisotopic (exact) mass is 392 g/mol. The van der Waals surface area contributed by atoms with Crippen molar-refractivity contribution >= 4 is 23.2 Å². The summed E-state index contributed by atoms with van der Waals surface area (Å²) in [6, 6.07) is 12.9. The van der Waals surface area contributed by atoms with E-state index in [4.69, 9.17) is 9.15 Å². The van der Waals surface area contributed by atoms with Crippen molar-refractivity contribution in [3.63, 3.8) is 0 Å². The molecule has 0 unspecified atom stereocenters. The Morgan fingerprint density at radius 3 is 2.76 bits per heavy atom. The number of carbonyl (C=O) groups is 2. The molecule has 2 amide bonds. The van der Waals surface area contributed by atoms with Gasteiger partial charge in [0.1, 0.15) is 5.75 Å². The van der Waals surface area contributed by atoms with E-state index in [0.29, 0.717) is 35.3 Å². The average Bonchev–Trinajstić information content (AvgIpc) is 3.17. The van der Waals surface area contributed by atoms with Gasteiger partial charge in [0, 0.05) is 24.1 Å². The second-order valence-corrected chi connectivity index (χ2v) is 6.88. The fourth-order valence-corrected chi connectivity index (χ4v) is 2.90. The van der Waals surface area contributed by atoms with E-state index >= 15 is 0 Å². The number of carbonyl (C=O) groups excluding carboxylic acids is 2. The molecule has 0 saturated heterocycles. The van der Waals surface area contributed by atoms with Crippen molar-refractivity contribution in [2.45, 2.75) is 32.8 Å². The predicted molar refractivity (Wildman–Crippen MR) is 107 cm³/mol. The molecule has 8 heteroatoms. The van der Waals surface area contributed by atoms with Gasteiger partial charge >= 0.3 is 0 Å². The van der Waals surface area contributed by atoms with Crippen LogP contribution in [0.5, 0.6) is 5.75 Å². The van der Waals surface area contributed by atoms with Crippen LogP contribution in [-0.2, 0) is 16.0 Å². The number of hydrogen-bond donors (Lipinski definition) is 2. The Morgan fingerprint density at radius 2 is 1.97 bits per heavy atom. The first-order chi connectivity index (χ1) is 14.0. The number of fused-ring (bicyclic) bond motifs is 1. The van der Waals surface area contributed by atoms with Crippen LogP contribution in [0.15, 0.2) is 46.9 Å². The van der Waals surface area contributed by atoms with Crippen LogP contribution in [0.3, 0.4) is 0 Å². The number of benzene rings is 2. The number of nitrogens with zero attached hydrogens (tertiary/aromatic N) is 2. The zero-order chi connectivity index (χ0) is 20.4. The van der Waals surface area contributed by atoms with Gasteiger partial charge < -0.3 is 19.8 Å². The number of aromatic nitrogens is 2. The number of ether oxygens (including phenoxy) is 1. The fraction of sp³-hybridized carbons (Fsp3) is 0.238. The van der Waals surface area contributed by atoms with Crippen LogP contribution < -0.4 is 15.4 Å². The Labute approximate surface area is 167 Å². The Bertz CT molecular complexity index is 1060. The highest BCUT2D eigenvalue weighted by atomic mass is 16.5. The van der Waals surface area contributed by atoms with Gasteiger partial charge in [0.2, 0.25) is 17.7 Å². The summed E-state index contributed by atoms with van der Waals surface area (Å²) in [4.78, 5) is 24.0. The maximum absolute atomic E-state index is 12.3. The quantitative estimate of drug-likeness (QED) is 0.690. The first-order valence-corrected chi connectivity index (χ1v) is 9.29. The maximum atomic E-state index is 12.3. The molecule has 0 fully saturated rings. The zero-order valence-corrected chi connectivity index (χ0v) is 16.1. The highest BCUT2D eigenvalue weighted by molar-refractivity contribution is 5.99. The molecule has 1 aromatic heterocycles. The largest absolute Gasteiger partial charge is 0.479 e. The molecule has 4 rings (SSSR count). The molecular weight excluding hydrogens is 372 g/mol. The van der Waals surface area contributed by atoms with Gasteiger partial charge in [-0.3, -0.25) is 9.59 Å². The summed E-state index contributed by atoms with van der Waals surface area (Å²) in [6.07, 6.45) is -0.0263. The molecule has 0 spiro atoms. The van der Waals surface area contributed by atoms with Gasteiger partial charge in [0.25, 0.3) is 5.91 Å². The van der Waals surface area contributed by atoms with E-state index in [1.54, 1.807) is 25.1 Å². The highest BCUT2D eigenvalue weighted by Gasteiger charge is 2.23. The lowest BCUT2D eigenvalue weighted by molar-refractivity contribution is -0.122. The lowest BCUT2D eigenvalue weighted by atomic mass is 10.1. The molecule has 1 aliphatic rings. The van der Waals surface area contributed by atoms with E-state index in [-0.39, 0.29) is 18.2 Å². The van der Waals surface area contributed by atoms with Crippen LogP contribution in [0, 0.1) is 6.92 Å². The molecule has 0 aliphatic carbocycles. The fourth-order valence-electron chi connectivity index (χ4n) is 2.90. The van der Waals surface area contributed by atoms with Crippen LogP contribution in [0.25, 0.3) is 11.5 Å². The van der Waals surface area contributed by atoms with Crippen molar-refractivity contribution in [1.82, 2.24) is 10.2 Å². The highest BCUT2D eigenvalue weighted by Crippen LogP contribution is 2.32. The van der Waals surface area contributed by atoms with Gasteiger partial charge in [-0.05, 0) is 44.2 Å². The van der Waals surface area contributed by atoms with E-state index in [0.717, 1.165) is 11.1 Å². The minimum atomic E-state index is -0.540. The summed E-state index contributed by atoms with van der Waals surface area (Å²) in [7, 11) is 0. The average molecular weight is 392 g/mol. The van der Waals surface area contributed by atoms with E-state index in [9.17, 15) is 9.59 Å². The Kier molecular flexibility index (Phi) is 4.99. The number of hydrogen-bond acceptors (Lipinski definition) is 6. The van der Waals surface area contributed by atoms with Crippen LogP contribution in [-0.4, -0.2) is 28.1 Å². The van der Waals surface area contributed by atoms with Gasteiger partial charge in [-0.15, -0.1) is 10.2 Å². The Balaban J connectivity index is 1.34. The van der Waals surface area contributed by atoms with Gasteiger partial charge in [0.15, 0.2) is 6.10 Å². The van der Waals surface area contributed by atoms with Gasteiger partial charge in [-0.1, -0.05) is 17.7 Å². The molecule has 0 radical (unpaired) electrons. The van der Waals surface area contributed by atoms with Gasteiger partial charge in [-0.2, -0.15) is 0 Å². The summed E-state index contributed by atoms with van der Waals surface area (Å²) in [5, 5.41) is 13.6. The van der Waals surface area contributed by atoms with E-state index in [1.165, 1.54) is 0 Å². The van der Waals surface area contributed by atoms with E-state index < -0.39 is 6.10 Å². The molecule has 2 N–H and O–H groups in total. The second kappa shape index (κ2) is 7.75. The molecule has 3 aromatic rings. The summed E-state index contributed by atoms with van der Waals surface area (Å²) >= 11 is 0. The lowest BCUT2D eigenvalue weighted by Gasteiger charge is -2.23. The molecule has 1 aliphatic heterocycles. The van der Waals surface area contributed by atoms with Crippen molar-refractivity contribution in [2.24, 2.45) is 0 Å². The summed E-state index contributed by atoms with van der Waals surface area (Å²) in [5.41, 5.74) is 3.09. The van der Waals surface area contributed by atoms with Crippen molar-refractivity contribution in [2.75, 3.05) is 10.6 Å². The maximum Gasteiger partial charge on any atom is 0.265 e. The second-order valence-electron chi connectivity index (χ2n) is 6.88. The standard InChI is InChI=1S/C21H20N4O4/c1-12-3-5-14(6-4-12)21-25-24-19(29-21)10-9-18(26)22-15-7-8-17-16(11-15)23-20(27)13(2)28-17/h3-8,11,13H,9-10H2,1-2H3,(H,22,26)(H,23,27)/t13-/m1/s1. The number of aryl methyl sites for hydroxylation is 2. The van der Waals surface area contributed by atoms with Gasteiger partial charge in [0.05, 0.1) is 5.69 Å². The number of nitrogens with one attached hydrogen (secondary N) is 2. The summed E-state index contributed by atoms with van der Waals surface area (Å²) in [5.74, 6) is 0.985. The molecule has 2 aromatic carbocycles. The third kappa shape index (κ3) is 4.26. The Morgan fingerprint density at radius 1 is 1.17 bits per heavy atom. The van der Waals surface area contributed by atoms with Crippen molar-refractivity contribution in [3.05, 3.63) is 53.9 Å². The van der Waals surface area contributed by atoms with Crippen molar-refractivity contribution in [1.29, 1.82) is 0 Å². The normalized spacial score (nSPS) is 15.2. The molecule has 0 bridgehead atoms. The SMILES string of the molecule is Cc1ccc(-c2nnc(CCC(=O)Nc3ccc4c(c3)NC(=O)[C@@H](C)O4)o2)cc1. The van der Waals surface area contributed by atoms with Crippen molar-refractivity contribution < 1.29 is 18.7 Å². The lowest BCUT2D eigenvalue weighted by Crippen LogP contribution is -2.34. The van der Waals surface area contributed by atoms with Crippen LogP contribution in [0.2, 0.25) is 0 Å². The van der Waals surface area contributed by atoms with E-state index in [2.05, 4.69) is 20.8 Å². The van der Waals surface area contributed by atoms with Crippen LogP contribution in [0.1, 0.15) is 24.8 Å². The first kappa shape index (κ1) is 18.7. The molecule has 29 heavy (non-hydrogen) atoms. The molecular formula is C21H20N4O4. The number of amides is 2. The number of anilines is 2. The van der Waals surface area contributed by atoms with Crippen LogP contribution in [0.4, 0.5) is 11.4 Å². The minimum absolute atomic E-state index is 0.187. The molecule has 2 heterocycles. The molecule has 0 saturated carbocycles. The summed E-state index contributed by atoms with van der Waals surface area (Å²) < 4.78 is 11.1. The van der Waals surface area contributed by atoms with Crippen molar-refractivity contribution in [3.8, 4) is 17.2 Å². The van der Waals surface area contributed by atoms with E-state index in [1.807, 2.05) is 31.2 Å². The zero-order valence-electron chi connectivity index (χ0n) is 16.1. The topological polar surface area (TPSA) is 106 Å². The molecule has 148 valence electrons. The summed E-state index contributed by atoms with van der Waals surface area (Å²) in [6.45, 7) is 3.68. The predicted octanol–water partition coefficient (Wildman–Crippen LogP) is 3.34. The third-order valence-electron chi connectivity index (χ3n) is 4.53. The van der Waals surface area contributed by atoms with Crippen LogP contribution >= 0.6 is 0 Å². The number of rotatable bonds is 5. The minimum Gasteiger partial charge on any atom is -0.479 e. The third-order valence-corrected chi connectivity index (χ3v) is 4.53. The smallest absolute Gasteiger partial charge is 0.265 e. The molecule has 1 atom stereocenters. The molecule has 8 nitrogen and oxygen atoms in total. The van der Waals surface area contributed by atoms with Gasteiger partial charge in [-0.25, -0.2) is 0 Å². The first-order valence-electron chi connectivity index (χ1n) is 9.29.